The van der Waals surface area contributed by atoms with Crippen LogP contribution in [0.4, 0.5) is 5.82 Å². The Morgan fingerprint density at radius 2 is 2.25 bits per heavy atom. The van der Waals surface area contributed by atoms with Crippen LogP contribution < -0.4 is 10.1 Å². The SMILES string of the molecule is COc1ccc2c(NCC3(C(=O)O)CC3)nccc2c1. The minimum absolute atomic E-state index is 0.417. The number of ether oxygens (including phenoxy) is 1. The lowest BCUT2D eigenvalue weighted by molar-refractivity contribution is -0.142. The number of carboxylic acids is 1. The first-order valence-electron chi connectivity index (χ1n) is 6.55. The van der Waals surface area contributed by atoms with E-state index in [1.54, 1.807) is 13.3 Å². The van der Waals surface area contributed by atoms with Gasteiger partial charge in [-0.3, -0.25) is 4.79 Å². The van der Waals surface area contributed by atoms with Gasteiger partial charge in [-0.25, -0.2) is 4.98 Å². The molecule has 2 aromatic rings. The molecule has 0 atom stereocenters. The summed E-state index contributed by atoms with van der Waals surface area (Å²) < 4.78 is 5.20. The van der Waals surface area contributed by atoms with E-state index in [9.17, 15) is 9.90 Å². The summed E-state index contributed by atoms with van der Waals surface area (Å²) in [5.74, 6) is 0.781. The number of nitrogens with zero attached hydrogens (tertiary/aromatic N) is 1. The van der Waals surface area contributed by atoms with E-state index in [4.69, 9.17) is 4.74 Å². The predicted octanol–water partition coefficient (Wildman–Crippen LogP) is 2.52. The van der Waals surface area contributed by atoms with Gasteiger partial charge in [-0.2, -0.15) is 0 Å². The van der Waals surface area contributed by atoms with E-state index >= 15 is 0 Å². The van der Waals surface area contributed by atoms with Crippen molar-refractivity contribution < 1.29 is 14.6 Å². The van der Waals surface area contributed by atoms with Gasteiger partial charge in [0.25, 0.3) is 0 Å². The third-order valence-corrected chi connectivity index (χ3v) is 3.87. The first-order chi connectivity index (χ1) is 9.64. The number of fused-ring (bicyclic) bond motifs is 1. The lowest BCUT2D eigenvalue weighted by Crippen LogP contribution is -2.24. The summed E-state index contributed by atoms with van der Waals surface area (Å²) in [5, 5.41) is 14.3. The number of hydrogen-bond donors (Lipinski definition) is 2. The quantitative estimate of drug-likeness (QED) is 0.875. The Morgan fingerprint density at radius 3 is 2.90 bits per heavy atom. The maximum absolute atomic E-state index is 11.2. The van der Waals surface area contributed by atoms with E-state index in [1.807, 2.05) is 24.3 Å². The fourth-order valence-electron chi connectivity index (χ4n) is 2.29. The average molecular weight is 272 g/mol. The molecule has 5 nitrogen and oxygen atoms in total. The molecule has 1 aliphatic rings. The molecule has 2 N–H and O–H groups in total. The van der Waals surface area contributed by atoms with Gasteiger partial charge in [0, 0.05) is 18.1 Å². The first-order valence-corrected chi connectivity index (χ1v) is 6.55. The van der Waals surface area contributed by atoms with Crippen molar-refractivity contribution in [2.75, 3.05) is 19.0 Å². The van der Waals surface area contributed by atoms with Gasteiger partial charge >= 0.3 is 5.97 Å². The number of carboxylic acid groups (broad SMARTS) is 1. The zero-order chi connectivity index (χ0) is 14.2. The second-order valence-electron chi connectivity index (χ2n) is 5.19. The molecule has 0 saturated heterocycles. The monoisotopic (exact) mass is 272 g/mol. The molecule has 1 aliphatic carbocycles. The van der Waals surface area contributed by atoms with E-state index in [0.717, 1.165) is 35.2 Å². The number of benzene rings is 1. The van der Waals surface area contributed by atoms with Gasteiger partial charge in [-0.1, -0.05) is 0 Å². The molecule has 1 fully saturated rings. The van der Waals surface area contributed by atoms with Gasteiger partial charge < -0.3 is 15.2 Å². The lowest BCUT2D eigenvalue weighted by Gasteiger charge is -2.13. The van der Waals surface area contributed by atoms with Gasteiger partial charge in [0.2, 0.25) is 0 Å². The minimum Gasteiger partial charge on any atom is -0.497 e. The van der Waals surface area contributed by atoms with E-state index in [0.29, 0.717) is 6.54 Å². The average Bonchev–Trinajstić information content (AvgIpc) is 3.25. The maximum atomic E-state index is 11.2. The van der Waals surface area contributed by atoms with Crippen LogP contribution in [0.2, 0.25) is 0 Å². The Morgan fingerprint density at radius 1 is 1.45 bits per heavy atom. The fraction of sp³-hybridized carbons (Fsp3) is 0.333. The number of aliphatic carboxylic acids is 1. The van der Waals surface area contributed by atoms with Gasteiger partial charge in [0.1, 0.15) is 11.6 Å². The van der Waals surface area contributed by atoms with Crippen molar-refractivity contribution in [2.45, 2.75) is 12.8 Å². The van der Waals surface area contributed by atoms with Crippen LogP contribution >= 0.6 is 0 Å². The summed E-state index contributed by atoms with van der Waals surface area (Å²) in [4.78, 5) is 15.5. The van der Waals surface area contributed by atoms with Crippen LogP contribution in [0, 0.1) is 5.41 Å². The van der Waals surface area contributed by atoms with Crippen LogP contribution in [0.1, 0.15) is 12.8 Å². The highest BCUT2D eigenvalue weighted by molar-refractivity contribution is 5.92. The Hall–Kier alpha value is -2.30. The number of rotatable bonds is 5. The molecule has 5 heteroatoms. The molecular formula is C15H16N2O3. The van der Waals surface area contributed by atoms with Crippen molar-refractivity contribution in [1.29, 1.82) is 0 Å². The van der Waals surface area contributed by atoms with Crippen LogP contribution in [-0.4, -0.2) is 29.7 Å². The zero-order valence-electron chi connectivity index (χ0n) is 11.2. The van der Waals surface area contributed by atoms with Crippen molar-refractivity contribution in [3.05, 3.63) is 30.5 Å². The third kappa shape index (κ3) is 2.15. The van der Waals surface area contributed by atoms with E-state index in [2.05, 4.69) is 10.3 Å². The highest BCUT2D eigenvalue weighted by atomic mass is 16.5. The summed E-state index contributed by atoms with van der Waals surface area (Å²) in [5.41, 5.74) is -0.601. The van der Waals surface area contributed by atoms with Crippen molar-refractivity contribution in [3.8, 4) is 5.75 Å². The number of methoxy groups -OCH3 is 1. The molecule has 20 heavy (non-hydrogen) atoms. The Bertz CT molecular complexity index is 665. The molecule has 1 aromatic heterocycles. The normalized spacial score (nSPS) is 15.8. The second kappa shape index (κ2) is 4.67. The smallest absolute Gasteiger partial charge is 0.311 e. The first kappa shape index (κ1) is 12.7. The van der Waals surface area contributed by atoms with E-state index in [1.165, 1.54) is 0 Å². The number of hydrogen-bond acceptors (Lipinski definition) is 4. The van der Waals surface area contributed by atoms with Gasteiger partial charge in [-0.05, 0) is 42.5 Å². The molecular weight excluding hydrogens is 256 g/mol. The topological polar surface area (TPSA) is 71.5 Å². The summed E-state index contributed by atoms with van der Waals surface area (Å²) in [6.45, 7) is 0.417. The molecule has 1 aromatic carbocycles. The molecule has 3 rings (SSSR count). The van der Waals surface area contributed by atoms with Crippen molar-refractivity contribution in [2.24, 2.45) is 5.41 Å². The molecule has 0 aliphatic heterocycles. The van der Waals surface area contributed by atoms with Crippen molar-refractivity contribution in [1.82, 2.24) is 4.98 Å². The number of nitrogens with one attached hydrogen (secondary N) is 1. The number of anilines is 1. The predicted molar refractivity (Wildman–Crippen MR) is 76.1 cm³/mol. The van der Waals surface area contributed by atoms with Crippen LogP contribution in [0.3, 0.4) is 0 Å². The maximum Gasteiger partial charge on any atom is 0.311 e. The van der Waals surface area contributed by atoms with Crippen molar-refractivity contribution in [3.63, 3.8) is 0 Å². The lowest BCUT2D eigenvalue weighted by atomic mass is 10.1. The third-order valence-electron chi connectivity index (χ3n) is 3.87. The van der Waals surface area contributed by atoms with E-state index in [-0.39, 0.29) is 0 Å². The van der Waals surface area contributed by atoms with Gasteiger partial charge in [0.05, 0.1) is 12.5 Å². The Balaban J connectivity index is 1.86. The highest BCUT2D eigenvalue weighted by Gasteiger charge is 2.50. The molecule has 0 spiro atoms. The number of aromatic nitrogens is 1. The van der Waals surface area contributed by atoms with E-state index < -0.39 is 11.4 Å². The fourth-order valence-corrected chi connectivity index (χ4v) is 2.29. The molecule has 104 valence electrons. The summed E-state index contributed by atoms with van der Waals surface area (Å²) in [7, 11) is 1.63. The minimum atomic E-state index is -0.730. The van der Waals surface area contributed by atoms with Gasteiger partial charge in [-0.15, -0.1) is 0 Å². The highest BCUT2D eigenvalue weighted by Crippen LogP contribution is 2.46. The largest absolute Gasteiger partial charge is 0.497 e. The zero-order valence-corrected chi connectivity index (χ0v) is 11.2. The van der Waals surface area contributed by atoms with Crippen molar-refractivity contribution >= 4 is 22.6 Å². The standard InChI is InChI=1S/C15H16N2O3/c1-20-11-2-3-12-10(8-11)4-7-16-13(12)17-9-15(5-6-15)14(18)19/h2-4,7-8H,5-6,9H2,1H3,(H,16,17)(H,18,19). The van der Waals surface area contributed by atoms with Crippen LogP contribution in [0.15, 0.2) is 30.5 Å². The van der Waals surface area contributed by atoms with Crippen LogP contribution in [0.25, 0.3) is 10.8 Å². The summed E-state index contributed by atoms with van der Waals surface area (Å²) in [6, 6.07) is 7.66. The number of pyridine rings is 1. The van der Waals surface area contributed by atoms with Crippen LogP contribution in [0.5, 0.6) is 5.75 Å². The molecule has 0 radical (unpaired) electrons. The summed E-state index contributed by atoms with van der Waals surface area (Å²) in [6.07, 6.45) is 3.17. The molecule has 1 heterocycles. The Labute approximate surface area is 116 Å². The van der Waals surface area contributed by atoms with Crippen LogP contribution in [-0.2, 0) is 4.79 Å². The molecule has 0 bridgehead atoms. The molecule has 1 saturated carbocycles. The van der Waals surface area contributed by atoms with Gasteiger partial charge in [0.15, 0.2) is 0 Å². The Kier molecular flexibility index (Phi) is 2.97. The second-order valence-corrected chi connectivity index (χ2v) is 5.19. The molecule has 0 amide bonds. The number of carbonyl (C=O) groups is 1. The molecule has 0 unspecified atom stereocenters. The summed E-state index contributed by atoms with van der Waals surface area (Å²) >= 11 is 0.